The van der Waals surface area contributed by atoms with Crippen molar-refractivity contribution in [2.24, 2.45) is 5.92 Å². The summed E-state index contributed by atoms with van der Waals surface area (Å²) in [6, 6.07) is 15.2. The van der Waals surface area contributed by atoms with E-state index in [1.54, 1.807) is 11.8 Å². The van der Waals surface area contributed by atoms with Crippen LogP contribution in [-0.4, -0.2) is 29.3 Å². The van der Waals surface area contributed by atoms with Crippen LogP contribution in [0.15, 0.2) is 53.0 Å². The Kier molecular flexibility index (Phi) is 8.24. The lowest BCUT2D eigenvalue weighted by molar-refractivity contribution is -0.140. The number of hydrogen-bond donors (Lipinski definition) is 1. The number of carbonyl (C=O) groups is 2. The van der Waals surface area contributed by atoms with E-state index in [4.69, 9.17) is 0 Å². The zero-order chi connectivity index (χ0) is 20.7. The molecule has 0 aliphatic rings. The molecule has 2 amide bonds. The molecular formula is C23H29BrN2O2. The van der Waals surface area contributed by atoms with Crippen molar-refractivity contribution in [1.82, 2.24) is 10.2 Å². The van der Waals surface area contributed by atoms with Gasteiger partial charge in [0.25, 0.3) is 0 Å². The molecule has 0 radical (unpaired) electrons. The van der Waals surface area contributed by atoms with Gasteiger partial charge in [0, 0.05) is 17.6 Å². The predicted octanol–water partition coefficient (Wildman–Crippen LogP) is 4.49. The third-order valence-electron chi connectivity index (χ3n) is 4.57. The van der Waals surface area contributed by atoms with Crippen LogP contribution in [0.4, 0.5) is 0 Å². The Hall–Kier alpha value is -2.14. The van der Waals surface area contributed by atoms with Gasteiger partial charge in [0.2, 0.25) is 11.8 Å². The molecule has 28 heavy (non-hydrogen) atoms. The molecule has 0 saturated heterocycles. The summed E-state index contributed by atoms with van der Waals surface area (Å²) < 4.78 is 0.952. The number of nitrogens with one attached hydrogen (secondary N) is 1. The van der Waals surface area contributed by atoms with Gasteiger partial charge >= 0.3 is 0 Å². The minimum atomic E-state index is -0.546. The lowest BCUT2D eigenvalue weighted by atomic mass is 10.1. The van der Waals surface area contributed by atoms with Gasteiger partial charge in [-0.1, -0.05) is 71.7 Å². The molecule has 1 atom stereocenters. The third-order valence-corrected chi connectivity index (χ3v) is 5.06. The molecule has 2 rings (SSSR count). The molecule has 0 heterocycles. The fourth-order valence-corrected chi connectivity index (χ4v) is 3.30. The predicted molar refractivity (Wildman–Crippen MR) is 117 cm³/mol. The Morgan fingerprint density at radius 3 is 2.32 bits per heavy atom. The van der Waals surface area contributed by atoms with Crippen LogP contribution in [0.3, 0.4) is 0 Å². The van der Waals surface area contributed by atoms with Gasteiger partial charge in [-0.25, -0.2) is 0 Å². The normalized spacial score (nSPS) is 11.9. The van der Waals surface area contributed by atoms with Crippen molar-refractivity contribution in [3.05, 3.63) is 69.7 Å². The fourth-order valence-electron chi connectivity index (χ4n) is 2.85. The van der Waals surface area contributed by atoms with E-state index >= 15 is 0 Å². The van der Waals surface area contributed by atoms with Crippen molar-refractivity contribution in [3.63, 3.8) is 0 Å². The third kappa shape index (κ3) is 6.79. The molecule has 0 aliphatic heterocycles. The van der Waals surface area contributed by atoms with Gasteiger partial charge in [0.15, 0.2) is 0 Å². The highest BCUT2D eigenvalue weighted by atomic mass is 79.9. The average molecular weight is 445 g/mol. The molecule has 1 N–H and O–H groups in total. The van der Waals surface area contributed by atoms with Crippen LogP contribution in [0.1, 0.15) is 37.5 Å². The average Bonchev–Trinajstić information content (AvgIpc) is 2.65. The van der Waals surface area contributed by atoms with Crippen molar-refractivity contribution >= 4 is 27.7 Å². The summed E-state index contributed by atoms with van der Waals surface area (Å²) in [6.45, 7) is 8.90. The monoisotopic (exact) mass is 444 g/mol. The molecule has 0 saturated carbocycles. The first-order valence-corrected chi connectivity index (χ1v) is 10.4. The van der Waals surface area contributed by atoms with E-state index in [1.807, 2.05) is 69.3 Å². The molecule has 4 nitrogen and oxygen atoms in total. The topological polar surface area (TPSA) is 49.4 Å². The maximum atomic E-state index is 13.1. The molecule has 2 aromatic rings. The number of amides is 2. The molecule has 0 fully saturated rings. The highest BCUT2D eigenvalue weighted by molar-refractivity contribution is 9.10. The summed E-state index contributed by atoms with van der Waals surface area (Å²) in [5, 5.41) is 2.94. The lowest BCUT2D eigenvalue weighted by Crippen LogP contribution is -2.48. The number of hydrogen-bond acceptors (Lipinski definition) is 2. The second-order valence-corrected chi connectivity index (χ2v) is 8.54. The molecule has 0 spiro atoms. The maximum Gasteiger partial charge on any atom is 0.242 e. The zero-order valence-electron chi connectivity index (χ0n) is 17.0. The number of nitrogens with zero attached hydrogens (tertiary/aromatic N) is 1. The summed E-state index contributed by atoms with van der Waals surface area (Å²) in [5.41, 5.74) is 3.09. The standard InChI is InChI=1S/C23H29BrN2O2/c1-16(2)14-25-23(28)18(4)26(15-20-6-5-7-21(24)12-20)22(27)13-19-10-8-17(3)9-11-19/h5-12,16,18H,13-15H2,1-4H3,(H,25,28). The summed E-state index contributed by atoms with van der Waals surface area (Å²) >= 11 is 3.47. The van der Waals surface area contributed by atoms with E-state index in [9.17, 15) is 9.59 Å². The van der Waals surface area contributed by atoms with Crippen LogP contribution in [0.2, 0.25) is 0 Å². The molecule has 0 aliphatic carbocycles. The van der Waals surface area contributed by atoms with Crippen LogP contribution in [0.5, 0.6) is 0 Å². The van der Waals surface area contributed by atoms with Crippen molar-refractivity contribution in [1.29, 1.82) is 0 Å². The Labute approximate surface area is 176 Å². The number of aryl methyl sites for hydroxylation is 1. The van der Waals surface area contributed by atoms with Crippen molar-refractivity contribution < 1.29 is 9.59 Å². The van der Waals surface area contributed by atoms with E-state index in [0.717, 1.165) is 21.2 Å². The van der Waals surface area contributed by atoms with E-state index in [2.05, 4.69) is 21.2 Å². The smallest absolute Gasteiger partial charge is 0.242 e. The highest BCUT2D eigenvalue weighted by Gasteiger charge is 2.26. The number of carbonyl (C=O) groups excluding carboxylic acids is 2. The van der Waals surface area contributed by atoms with Crippen LogP contribution in [-0.2, 0) is 22.6 Å². The van der Waals surface area contributed by atoms with Crippen molar-refractivity contribution in [3.8, 4) is 0 Å². The van der Waals surface area contributed by atoms with Gasteiger partial charge in [-0.2, -0.15) is 0 Å². The van der Waals surface area contributed by atoms with Crippen LogP contribution < -0.4 is 5.32 Å². The van der Waals surface area contributed by atoms with Gasteiger partial charge in [-0.05, 0) is 43.0 Å². The SMILES string of the molecule is Cc1ccc(CC(=O)N(Cc2cccc(Br)c2)C(C)C(=O)NCC(C)C)cc1. The first-order chi connectivity index (χ1) is 13.3. The highest BCUT2D eigenvalue weighted by Crippen LogP contribution is 2.17. The van der Waals surface area contributed by atoms with Gasteiger partial charge in [-0.3, -0.25) is 9.59 Å². The Morgan fingerprint density at radius 2 is 1.71 bits per heavy atom. The zero-order valence-corrected chi connectivity index (χ0v) is 18.6. The van der Waals surface area contributed by atoms with Gasteiger partial charge < -0.3 is 10.2 Å². The van der Waals surface area contributed by atoms with E-state index < -0.39 is 6.04 Å². The fraction of sp³-hybridized carbons (Fsp3) is 0.391. The molecule has 0 aromatic heterocycles. The van der Waals surface area contributed by atoms with E-state index in [1.165, 1.54) is 0 Å². The van der Waals surface area contributed by atoms with Gasteiger partial charge in [-0.15, -0.1) is 0 Å². The van der Waals surface area contributed by atoms with E-state index in [-0.39, 0.29) is 18.2 Å². The van der Waals surface area contributed by atoms with Gasteiger partial charge in [0.1, 0.15) is 6.04 Å². The van der Waals surface area contributed by atoms with Crippen molar-refractivity contribution in [2.75, 3.05) is 6.54 Å². The van der Waals surface area contributed by atoms with E-state index in [0.29, 0.717) is 19.0 Å². The quantitative estimate of drug-likeness (QED) is 0.651. The largest absolute Gasteiger partial charge is 0.354 e. The second kappa shape index (κ2) is 10.4. The molecule has 0 bridgehead atoms. The molecule has 1 unspecified atom stereocenters. The summed E-state index contributed by atoms with van der Waals surface area (Å²) in [5.74, 6) is 0.176. The molecular weight excluding hydrogens is 416 g/mol. The summed E-state index contributed by atoms with van der Waals surface area (Å²) in [4.78, 5) is 27.4. The minimum Gasteiger partial charge on any atom is -0.354 e. The Balaban J connectivity index is 2.19. The Bertz CT molecular complexity index is 803. The maximum absolute atomic E-state index is 13.1. The molecule has 150 valence electrons. The lowest BCUT2D eigenvalue weighted by Gasteiger charge is -2.29. The summed E-state index contributed by atoms with van der Waals surface area (Å²) in [6.07, 6.45) is 0.274. The summed E-state index contributed by atoms with van der Waals surface area (Å²) in [7, 11) is 0. The van der Waals surface area contributed by atoms with Crippen LogP contribution >= 0.6 is 15.9 Å². The Morgan fingerprint density at radius 1 is 1.04 bits per heavy atom. The second-order valence-electron chi connectivity index (χ2n) is 7.63. The van der Waals surface area contributed by atoms with Crippen LogP contribution in [0.25, 0.3) is 0 Å². The number of rotatable bonds is 8. The van der Waals surface area contributed by atoms with Gasteiger partial charge in [0.05, 0.1) is 6.42 Å². The first-order valence-electron chi connectivity index (χ1n) is 9.63. The number of halogens is 1. The van der Waals surface area contributed by atoms with Crippen molar-refractivity contribution in [2.45, 2.75) is 46.7 Å². The van der Waals surface area contributed by atoms with Crippen LogP contribution in [0, 0.1) is 12.8 Å². The first kappa shape index (κ1) is 22.2. The minimum absolute atomic E-state index is 0.0592. The number of benzene rings is 2. The molecule has 5 heteroatoms. The molecule has 2 aromatic carbocycles.